The third kappa shape index (κ3) is 3.88. The highest BCUT2D eigenvalue weighted by atomic mass is 35.5. The van der Waals surface area contributed by atoms with E-state index >= 15 is 0 Å². The number of hydrogen-bond donors (Lipinski definition) is 3. The van der Waals surface area contributed by atoms with Gasteiger partial charge in [-0.15, -0.1) is 0 Å². The fourth-order valence-electron chi connectivity index (χ4n) is 2.22. The summed E-state index contributed by atoms with van der Waals surface area (Å²) in [6.45, 7) is 2.02. The van der Waals surface area contributed by atoms with Crippen LogP contribution in [0.5, 0.6) is 0 Å². The third-order valence-electron chi connectivity index (χ3n) is 3.29. The number of nitrogen functional groups attached to an aromatic ring is 1. The quantitative estimate of drug-likeness (QED) is 0.599. The molecule has 0 saturated heterocycles. The molecule has 0 fully saturated rings. The lowest BCUT2D eigenvalue weighted by Crippen LogP contribution is -2.05. The molecule has 0 aliphatic carbocycles. The van der Waals surface area contributed by atoms with Crippen LogP contribution in [0.15, 0.2) is 48.8 Å². The van der Waals surface area contributed by atoms with E-state index in [1.165, 1.54) is 6.33 Å². The van der Waals surface area contributed by atoms with E-state index in [0.29, 0.717) is 33.1 Å². The average Bonchev–Trinajstić information content (AvgIpc) is 2.50. The second-order valence-corrected chi connectivity index (χ2v) is 6.14. The molecule has 0 saturated carbocycles. The first-order valence-electron chi connectivity index (χ1n) is 7.18. The second-order valence-electron chi connectivity index (χ2n) is 5.26. The zero-order chi connectivity index (χ0) is 17.1. The van der Waals surface area contributed by atoms with Crippen LogP contribution in [0, 0.1) is 6.92 Å². The number of aromatic nitrogens is 2. The summed E-state index contributed by atoms with van der Waals surface area (Å²) in [4.78, 5) is 8.38. The molecule has 7 heteroatoms. The molecule has 3 rings (SSSR count). The molecule has 0 radical (unpaired) electrons. The standard InChI is InChI=1S/C17H15Cl2N5/c1-10-3-2-4-13(5-10)23-16-15(20)17(22-9-21-16)24-14-7-11(18)6-12(19)8-14/h2-9H,20H2,1H3,(H2,21,22,23,24). The molecule has 2 aromatic carbocycles. The van der Waals surface area contributed by atoms with Crippen LogP contribution in [0.1, 0.15) is 5.56 Å². The lowest BCUT2D eigenvalue weighted by atomic mass is 10.2. The number of halogens is 2. The largest absolute Gasteiger partial charge is 0.393 e. The van der Waals surface area contributed by atoms with Crippen LogP contribution >= 0.6 is 23.2 Å². The van der Waals surface area contributed by atoms with Gasteiger partial charge in [-0.1, -0.05) is 35.3 Å². The molecule has 3 aromatic rings. The van der Waals surface area contributed by atoms with Gasteiger partial charge < -0.3 is 16.4 Å². The maximum atomic E-state index is 6.18. The number of hydrogen-bond acceptors (Lipinski definition) is 5. The first-order chi connectivity index (χ1) is 11.5. The van der Waals surface area contributed by atoms with Crippen molar-refractivity contribution in [2.45, 2.75) is 6.92 Å². The normalized spacial score (nSPS) is 10.5. The summed E-state index contributed by atoms with van der Waals surface area (Å²) in [6, 6.07) is 13.1. The molecule has 0 unspecified atom stereocenters. The highest BCUT2D eigenvalue weighted by molar-refractivity contribution is 6.35. The number of anilines is 5. The van der Waals surface area contributed by atoms with Crippen molar-refractivity contribution >= 4 is 51.9 Å². The van der Waals surface area contributed by atoms with Crippen LogP contribution in [0.25, 0.3) is 0 Å². The van der Waals surface area contributed by atoms with Gasteiger partial charge in [0, 0.05) is 21.4 Å². The second kappa shape index (κ2) is 6.95. The maximum Gasteiger partial charge on any atom is 0.159 e. The molecule has 0 aliphatic heterocycles. The van der Waals surface area contributed by atoms with Gasteiger partial charge in [-0.3, -0.25) is 0 Å². The van der Waals surface area contributed by atoms with Crippen molar-refractivity contribution in [3.05, 3.63) is 64.4 Å². The molecule has 0 atom stereocenters. The van der Waals surface area contributed by atoms with Gasteiger partial charge in [0.25, 0.3) is 0 Å². The molecule has 5 nitrogen and oxygen atoms in total. The number of benzene rings is 2. The van der Waals surface area contributed by atoms with Crippen LogP contribution in [0.3, 0.4) is 0 Å². The zero-order valence-electron chi connectivity index (χ0n) is 12.8. The van der Waals surface area contributed by atoms with E-state index in [2.05, 4.69) is 20.6 Å². The van der Waals surface area contributed by atoms with Gasteiger partial charge in [0.1, 0.15) is 12.0 Å². The fourth-order valence-corrected chi connectivity index (χ4v) is 2.74. The Labute approximate surface area is 149 Å². The van der Waals surface area contributed by atoms with E-state index in [4.69, 9.17) is 28.9 Å². The highest BCUT2D eigenvalue weighted by Gasteiger charge is 2.09. The Morgan fingerprint density at radius 2 is 1.50 bits per heavy atom. The molecule has 4 N–H and O–H groups in total. The van der Waals surface area contributed by atoms with Crippen molar-refractivity contribution < 1.29 is 0 Å². The Morgan fingerprint density at radius 1 is 0.875 bits per heavy atom. The number of nitrogens with two attached hydrogens (primary N) is 1. The molecule has 1 heterocycles. The molecular weight excluding hydrogens is 345 g/mol. The molecule has 0 spiro atoms. The minimum Gasteiger partial charge on any atom is -0.393 e. The van der Waals surface area contributed by atoms with Gasteiger partial charge in [0.2, 0.25) is 0 Å². The van der Waals surface area contributed by atoms with Gasteiger partial charge in [0.05, 0.1) is 0 Å². The van der Waals surface area contributed by atoms with Crippen LogP contribution in [0.2, 0.25) is 10.0 Å². The molecular formula is C17H15Cl2N5. The van der Waals surface area contributed by atoms with Gasteiger partial charge in [0.15, 0.2) is 11.6 Å². The van der Waals surface area contributed by atoms with E-state index in [9.17, 15) is 0 Å². The van der Waals surface area contributed by atoms with Gasteiger partial charge in [-0.05, 0) is 42.8 Å². The van der Waals surface area contributed by atoms with Crippen LogP contribution < -0.4 is 16.4 Å². The lowest BCUT2D eigenvalue weighted by Gasteiger charge is -2.13. The minimum absolute atomic E-state index is 0.398. The summed E-state index contributed by atoms with van der Waals surface area (Å²) in [6.07, 6.45) is 1.43. The summed E-state index contributed by atoms with van der Waals surface area (Å²) in [5, 5.41) is 7.35. The number of aryl methyl sites for hydroxylation is 1. The monoisotopic (exact) mass is 359 g/mol. The van der Waals surface area contributed by atoms with Crippen molar-refractivity contribution in [3.8, 4) is 0 Å². The van der Waals surface area contributed by atoms with Crippen LogP contribution in [0.4, 0.5) is 28.7 Å². The van der Waals surface area contributed by atoms with E-state index in [-0.39, 0.29) is 0 Å². The Hall–Kier alpha value is -2.50. The third-order valence-corrected chi connectivity index (χ3v) is 3.73. The van der Waals surface area contributed by atoms with E-state index in [1.54, 1.807) is 18.2 Å². The Bertz CT molecular complexity index is 862. The predicted molar refractivity (Wildman–Crippen MR) is 101 cm³/mol. The SMILES string of the molecule is Cc1cccc(Nc2ncnc(Nc3cc(Cl)cc(Cl)c3)c2N)c1. The topological polar surface area (TPSA) is 75.9 Å². The molecule has 0 amide bonds. The summed E-state index contributed by atoms with van der Waals surface area (Å²) in [5.41, 5.74) is 9.31. The first-order valence-corrected chi connectivity index (χ1v) is 7.94. The molecule has 24 heavy (non-hydrogen) atoms. The molecule has 1 aromatic heterocycles. The maximum absolute atomic E-state index is 6.18. The van der Waals surface area contributed by atoms with Crippen LogP contribution in [-0.4, -0.2) is 9.97 Å². The molecule has 122 valence electrons. The Balaban J connectivity index is 1.88. The van der Waals surface area contributed by atoms with E-state index in [1.807, 2.05) is 31.2 Å². The summed E-state index contributed by atoms with van der Waals surface area (Å²) < 4.78 is 0. The van der Waals surface area contributed by atoms with E-state index < -0.39 is 0 Å². The van der Waals surface area contributed by atoms with E-state index in [0.717, 1.165) is 11.3 Å². The minimum atomic E-state index is 0.398. The summed E-state index contributed by atoms with van der Waals surface area (Å²) >= 11 is 12.0. The highest BCUT2D eigenvalue weighted by Crippen LogP contribution is 2.30. The Kier molecular flexibility index (Phi) is 4.74. The van der Waals surface area contributed by atoms with Crippen molar-refractivity contribution in [1.29, 1.82) is 0 Å². The summed E-state index contributed by atoms with van der Waals surface area (Å²) in [5.74, 6) is 0.990. The van der Waals surface area contributed by atoms with Gasteiger partial charge in [-0.2, -0.15) is 0 Å². The van der Waals surface area contributed by atoms with Crippen molar-refractivity contribution in [2.75, 3.05) is 16.4 Å². The summed E-state index contributed by atoms with van der Waals surface area (Å²) in [7, 11) is 0. The fraction of sp³-hybridized carbons (Fsp3) is 0.0588. The zero-order valence-corrected chi connectivity index (χ0v) is 14.4. The number of nitrogens with one attached hydrogen (secondary N) is 2. The number of nitrogens with zero attached hydrogens (tertiary/aromatic N) is 2. The smallest absolute Gasteiger partial charge is 0.159 e. The first kappa shape index (κ1) is 16.4. The molecule has 0 bridgehead atoms. The van der Waals surface area contributed by atoms with Gasteiger partial charge in [-0.25, -0.2) is 9.97 Å². The van der Waals surface area contributed by atoms with Crippen LogP contribution in [-0.2, 0) is 0 Å². The predicted octanol–water partition coefficient (Wildman–Crippen LogP) is 5.16. The Morgan fingerprint density at radius 3 is 2.12 bits per heavy atom. The van der Waals surface area contributed by atoms with Crippen molar-refractivity contribution in [2.24, 2.45) is 0 Å². The lowest BCUT2D eigenvalue weighted by molar-refractivity contribution is 1.17. The average molecular weight is 360 g/mol. The van der Waals surface area contributed by atoms with Crippen molar-refractivity contribution in [1.82, 2.24) is 9.97 Å². The number of rotatable bonds is 4. The van der Waals surface area contributed by atoms with Crippen molar-refractivity contribution in [3.63, 3.8) is 0 Å². The molecule has 0 aliphatic rings. The van der Waals surface area contributed by atoms with Gasteiger partial charge >= 0.3 is 0 Å².